The van der Waals surface area contributed by atoms with Crippen molar-refractivity contribution in [2.24, 2.45) is 0 Å². The van der Waals surface area contributed by atoms with Crippen LogP contribution in [0.25, 0.3) is 99.2 Å². The Morgan fingerprint density at radius 2 is 0.793 bits per heavy atom. The molecule has 4 heteroatoms. The van der Waals surface area contributed by atoms with E-state index < -0.39 is 0 Å². The van der Waals surface area contributed by atoms with Crippen LogP contribution < -0.4 is 4.90 Å². The van der Waals surface area contributed by atoms with Gasteiger partial charge >= 0.3 is 0 Å². The molecule has 0 saturated heterocycles. The van der Waals surface area contributed by atoms with Crippen molar-refractivity contribution < 1.29 is 13.3 Å². The van der Waals surface area contributed by atoms with E-state index in [0.29, 0.717) is 0 Å². The number of rotatable bonds is 6. The highest BCUT2D eigenvalue weighted by atomic mass is 16.3. The minimum atomic E-state index is 0.828. The summed E-state index contributed by atoms with van der Waals surface area (Å²) in [5, 5.41) is 6.51. The summed E-state index contributed by atoms with van der Waals surface area (Å²) in [5.74, 6) is 0. The molecule has 0 atom stereocenters. The number of anilines is 3. The first-order valence-electron chi connectivity index (χ1n) is 19.6. The molecule has 12 rings (SSSR count). The lowest BCUT2D eigenvalue weighted by atomic mass is 10.00. The van der Waals surface area contributed by atoms with E-state index in [1.54, 1.807) is 0 Å². The quantitative estimate of drug-likeness (QED) is 0.170. The first-order chi connectivity index (χ1) is 28.7. The molecule has 0 aliphatic carbocycles. The maximum atomic E-state index is 6.96. The minimum Gasteiger partial charge on any atom is -0.456 e. The molecule has 0 unspecified atom stereocenters. The third-order valence-electron chi connectivity index (χ3n) is 11.5. The van der Waals surface area contributed by atoms with Crippen molar-refractivity contribution in [3.63, 3.8) is 0 Å². The van der Waals surface area contributed by atoms with E-state index in [1.165, 1.54) is 0 Å². The third-order valence-corrected chi connectivity index (χ3v) is 11.5. The van der Waals surface area contributed by atoms with E-state index in [-0.39, 0.29) is 0 Å². The van der Waals surface area contributed by atoms with Crippen LogP contribution in [-0.4, -0.2) is 0 Å². The molecule has 272 valence electrons. The Hall–Kier alpha value is -7.82. The number of furan rings is 3. The zero-order valence-corrected chi connectivity index (χ0v) is 31.2. The van der Waals surface area contributed by atoms with Crippen LogP contribution in [0.1, 0.15) is 0 Å². The van der Waals surface area contributed by atoms with Crippen molar-refractivity contribution in [3.8, 4) is 33.4 Å². The first-order valence-corrected chi connectivity index (χ1v) is 19.6. The number of benzene rings is 9. The van der Waals surface area contributed by atoms with Gasteiger partial charge < -0.3 is 18.2 Å². The average Bonchev–Trinajstić information content (AvgIpc) is 3.99. The Morgan fingerprint density at radius 3 is 1.53 bits per heavy atom. The van der Waals surface area contributed by atoms with Gasteiger partial charge in [0, 0.05) is 54.8 Å². The molecule has 58 heavy (non-hydrogen) atoms. The standard InChI is InChI=1S/C54H33NO3/c1-3-12-35(13-4-1)40-17-10-20-45-46-32-37(26-30-51(46)57-52(40)45)34-24-27-38(28-25-34)55(39-29-31-50-47(33-39)42-16-7-8-23-49(42)56-50)48-22-11-21-44-43-19-9-18-41(53(43)58-54(44)48)36-14-5-2-6-15-36/h1-33H. The van der Waals surface area contributed by atoms with Crippen molar-refractivity contribution in [1.29, 1.82) is 0 Å². The summed E-state index contributed by atoms with van der Waals surface area (Å²) in [6.45, 7) is 0. The SMILES string of the molecule is c1ccc(-c2cccc3c2oc2ccc(-c4ccc(N(c5ccc6oc7ccccc7c6c5)c5cccc6c5oc5c(-c7ccccc7)cccc56)cc4)cc23)cc1. The predicted octanol–water partition coefficient (Wildman–Crippen LogP) is 15.9. The lowest BCUT2D eigenvalue weighted by Gasteiger charge is -2.26. The van der Waals surface area contributed by atoms with E-state index in [0.717, 1.165) is 116 Å². The number of fused-ring (bicyclic) bond motifs is 9. The monoisotopic (exact) mass is 743 g/mol. The zero-order valence-electron chi connectivity index (χ0n) is 31.2. The van der Waals surface area contributed by atoms with Crippen molar-refractivity contribution in [1.82, 2.24) is 0 Å². The van der Waals surface area contributed by atoms with Gasteiger partial charge in [-0.2, -0.15) is 0 Å². The molecule has 0 spiro atoms. The fourth-order valence-corrected chi connectivity index (χ4v) is 8.73. The summed E-state index contributed by atoms with van der Waals surface area (Å²) < 4.78 is 19.7. The summed E-state index contributed by atoms with van der Waals surface area (Å²) >= 11 is 0. The number of hydrogen-bond acceptors (Lipinski definition) is 4. The molecule has 0 fully saturated rings. The lowest BCUT2D eigenvalue weighted by Crippen LogP contribution is -2.10. The average molecular weight is 744 g/mol. The first kappa shape index (κ1) is 32.4. The van der Waals surface area contributed by atoms with Crippen molar-refractivity contribution in [2.45, 2.75) is 0 Å². The largest absolute Gasteiger partial charge is 0.456 e. The van der Waals surface area contributed by atoms with E-state index in [9.17, 15) is 0 Å². The fourth-order valence-electron chi connectivity index (χ4n) is 8.73. The number of nitrogens with zero attached hydrogens (tertiary/aromatic N) is 1. The molecule has 3 aromatic heterocycles. The molecule has 0 saturated carbocycles. The maximum absolute atomic E-state index is 6.96. The van der Waals surface area contributed by atoms with Gasteiger partial charge in [-0.05, 0) is 76.9 Å². The molecule has 0 aliphatic rings. The van der Waals surface area contributed by atoms with Crippen molar-refractivity contribution in [3.05, 3.63) is 200 Å². The summed E-state index contributed by atoms with van der Waals surface area (Å²) in [5.41, 5.74) is 14.8. The topological polar surface area (TPSA) is 42.7 Å². The van der Waals surface area contributed by atoms with Crippen LogP contribution in [0.5, 0.6) is 0 Å². The summed E-state index contributed by atoms with van der Waals surface area (Å²) in [6.07, 6.45) is 0. The fraction of sp³-hybridized carbons (Fsp3) is 0. The van der Waals surface area contributed by atoms with Gasteiger partial charge in [0.15, 0.2) is 5.58 Å². The van der Waals surface area contributed by atoms with E-state index in [2.05, 4.69) is 181 Å². The smallest absolute Gasteiger partial charge is 0.159 e. The van der Waals surface area contributed by atoms with Gasteiger partial charge in [0.25, 0.3) is 0 Å². The van der Waals surface area contributed by atoms with Crippen molar-refractivity contribution in [2.75, 3.05) is 4.90 Å². The second-order valence-corrected chi connectivity index (χ2v) is 14.8. The Morgan fingerprint density at radius 1 is 0.276 bits per heavy atom. The zero-order chi connectivity index (χ0) is 38.2. The van der Waals surface area contributed by atoms with Crippen LogP contribution in [-0.2, 0) is 0 Å². The van der Waals surface area contributed by atoms with Gasteiger partial charge in [-0.15, -0.1) is 0 Å². The van der Waals surface area contributed by atoms with Crippen LogP contribution in [0.15, 0.2) is 213 Å². The van der Waals surface area contributed by atoms with Gasteiger partial charge in [0.1, 0.15) is 27.9 Å². The van der Waals surface area contributed by atoms with Gasteiger partial charge in [-0.25, -0.2) is 0 Å². The molecule has 0 aliphatic heterocycles. The van der Waals surface area contributed by atoms with Crippen molar-refractivity contribution >= 4 is 82.9 Å². The molecule has 3 heterocycles. The number of para-hydroxylation sites is 4. The van der Waals surface area contributed by atoms with Crippen LogP contribution in [0.3, 0.4) is 0 Å². The van der Waals surface area contributed by atoms with Gasteiger partial charge in [-0.1, -0.05) is 146 Å². The van der Waals surface area contributed by atoms with Crippen LogP contribution in [0.2, 0.25) is 0 Å². The van der Waals surface area contributed by atoms with E-state index in [4.69, 9.17) is 13.3 Å². The Kier molecular flexibility index (Phi) is 7.20. The van der Waals surface area contributed by atoms with Gasteiger partial charge in [0.2, 0.25) is 0 Å². The molecule has 4 nitrogen and oxygen atoms in total. The van der Waals surface area contributed by atoms with Gasteiger partial charge in [-0.3, -0.25) is 0 Å². The van der Waals surface area contributed by atoms with Gasteiger partial charge in [0.05, 0.1) is 5.69 Å². The highest BCUT2D eigenvalue weighted by molar-refractivity contribution is 6.14. The Labute approximate surface area is 333 Å². The molecule has 9 aromatic carbocycles. The molecule has 0 amide bonds. The molecular weight excluding hydrogens is 711 g/mol. The molecule has 0 radical (unpaired) electrons. The third kappa shape index (κ3) is 5.09. The van der Waals surface area contributed by atoms with E-state index in [1.807, 2.05) is 24.3 Å². The van der Waals surface area contributed by atoms with E-state index >= 15 is 0 Å². The molecular formula is C54H33NO3. The lowest BCUT2D eigenvalue weighted by molar-refractivity contribution is 0.669. The Bertz CT molecular complexity index is 3500. The highest BCUT2D eigenvalue weighted by Gasteiger charge is 2.22. The molecule has 0 N–H and O–H groups in total. The summed E-state index contributed by atoms with van der Waals surface area (Å²) in [7, 11) is 0. The second-order valence-electron chi connectivity index (χ2n) is 14.8. The second kappa shape index (κ2) is 12.9. The minimum absolute atomic E-state index is 0.828. The molecule has 0 bridgehead atoms. The highest BCUT2D eigenvalue weighted by Crippen LogP contribution is 2.46. The molecule has 12 aromatic rings. The van der Waals surface area contributed by atoms with Crippen LogP contribution in [0.4, 0.5) is 17.1 Å². The Balaban J connectivity index is 1.01. The normalized spacial score (nSPS) is 11.8. The van der Waals surface area contributed by atoms with Crippen LogP contribution >= 0.6 is 0 Å². The summed E-state index contributed by atoms with van der Waals surface area (Å²) in [4.78, 5) is 2.30. The van der Waals surface area contributed by atoms with Crippen LogP contribution in [0, 0.1) is 0 Å². The number of hydrogen-bond donors (Lipinski definition) is 0. The maximum Gasteiger partial charge on any atom is 0.159 e. The summed E-state index contributed by atoms with van der Waals surface area (Å²) in [6, 6.07) is 70.1. The predicted molar refractivity (Wildman–Crippen MR) is 239 cm³/mol.